The Morgan fingerprint density at radius 1 is 0.841 bits per heavy atom. The molecule has 2 aliphatic rings. The molecule has 1 amide bonds. The molecular weight excluding hydrogens is 570 g/mol. The molecule has 0 bridgehead atoms. The maximum Gasteiger partial charge on any atom is 0.339 e. The monoisotopic (exact) mass is 597 g/mol. The second-order valence-corrected chi connectivity index (χ2v) is 11.7. The van der Waals surface area contributed by atoms with Crippen LogP contribution in [0.1, 0.15) is 32.8 Å². The number of carboxylic acid groups (broad SMARTS) is 1. The molecule has 5 aromatic rings. The predicted octanol–water partition coefficient (Wildman–Crippen LogP) is 7.74. The van der Waals surface area contributed by atoms with E-state index in [1.807, 2.05) is 30.3 Å². The summed E-state index contributed by atoms with van der Waals surface area (Å²) in [5.74, 6) is -1.93. The molecule has 0 spiro atoms. The van der Waals surface area contributed by atoms with Gasteiger partial charge in [0.25, 0.3) is 5.91 Å². The third-order valence-electron chi connectivity index (χ3n) is 7.84. The SMILES string of the molecule is O=C(O)c1cc(C2=NN(c3ccccc3)C(=O)/C2=C\c2ccc(-c3ccc4c(c3)CCCN4c3ccccc3)s2)ccc1O. The molecule has 216 valence electrons. The van der Waals surface area contributed by atoms with Crippen molar-refractivity contribution in [1.29, 1.82) is 0 Å². The highest BCUT2D eigenvalue weighted by atomic mass is 32.1. The highest BCUT2D eigenvalue weighted by molar-refractivity contribution is 7.16. The van der Waals surface area contributed by atoms with Crippen LogP contribution in [0.5, 0.6) is 5.75 Å². The lowest BCUT2D eigenvalue weighted by atomic mass is 9.98. The fourth-order valence-electron chi connectivity index (χ4n) is 5.71. The maximum absolute atomic E-state index is 13.7. The number of aryl methyl sites for hydroxylation is 1. The van der Waals surface area contributed by atoms with Crippen LogP contribution in [0, 0.1) is 0 Å². The number of fused-ring (bicyclic) bond motifs is 1. The van der Waals surface area contributed by atoms with Gasteiger partial charge in [0.05, 0.1) is 11.3 Å². The van der Waals surface area contributed by atoms with Gasteiger partial charge in [-0.05, 0) is 96.8 Å². The number of thiophene rings is 1. The van der Waals surface area contributed by atoms with Crippen molar-refractivity contribution in [3.63, 3.8) is 0 Å². The zero-order chi connectivity index (χ0) is 30.2. The number of phenols is 1. The van der Waals surface area contributed by atoms with Crippen LogP contribution >= 0.6 is 11.3 Å². The normalized spacial score (nSPS) is 15.4. The molecule has 0 fully saturated rings. The largest absolute Gasteiger partial charge is 0.507 e. The van der Waals surface area contributed by atoms with Crippen molar-refractivity contribution >= 4 is 52.1 Å². The van der Waals surface area contributed by atoms with Gasteiger partial charge in [-0.25, -0.2) is 4.79 Å². The summed E-state index contributed by atoms with van der Waals surface area (Å²) >= 11 is 1.58. The second kappa shape index (κ2) is 11.3. The molecule has 0 atom stereocenters. The van der Waals surface area contributed by atoms with Gasteiger partial charge in [0.1, 0.15) is 17.0 Å². The van der Waals surface area contributed by atoms with E-state index >= 15 is 0 Å². The molecule has 7 rings (SSSR count). The van der Waals surface area contributed by atoms with Gasteiger partial charge in [-0.3, -0.25) is 4.79 Å². The molecule has 0 saturated heterocycles. The Balaban J connectivity index is 1.24. The standard InChI is InChI=1S/C36H27N3O4S/c40-32-17-14-25(21-29(32)36(42)43)34-30(35(41)39(37-34)27-11-5-2-6-12-27)22-28-15-18-33(44-28)24-13-16-31-23(20-24)8-7-19-38(31)26-9-3-1-4-10-26/h1-6,9-18,20-22,40H,7-8,19H2,(H,42,43)/b30-22-. The van der Waals surface area contributed by atoms with Crippen LogP contribution in [0.2, 0.25) is 0 Å². The van der Waals surface area contributed by atoms with Gasteiger partial charge in [-0.15, -0.1) is 11.3 Å². The number of carbonyl (C=O) groups excluding carboxylic acids is 1. The number of hydrogen-bond donors (Lipinski definition) is 2. The number of aromatic carboxylic acids is 1. The number of anilines is 3. The average Bonchev–Trinajstić information content (AvgIpc) is 3.66. The van der Waals surface area contributed by atoms with E-state index in [9.17, 15) is 19.8 Å². The molecule has 3 heterocycles. The highest BCUT2D eigenvalue weighted by Crippen LogP contribution is 2.38. The van der Waals surface area contributed by atoms with Gasteiger partial charge in [0.2, 0.25) is 0 Å². The summed E-state index contributed by atoms with van der Waals surface area (Å²) in [5, 5.41) is 25.6. The Morgan fingerprint density at radius 2 is 1.57 bits per heavy atom. The van der Waals surface area contributed by atoms with Crippen molar-refractivity contribution in [2.75, 3.05) is 16.5 Å². The van der Waals surface area contributed by atoms with Crippen LogP contribution in [0.4, 0.5) is 17.1 Å². The Kier molecular flexibility index (Phi) is 7.04. The lowest BCUT2D eigenvalue weighted by Crippen LogP contribution is -2.24. The first-order valence-corrected chi connectivity index (χ1v) is 15.1. The van der Waals surface area contributed by atoms with Crippen molar-refractivity contribution in [3.05, 3.63) is 136 Å². The quantitative estimate of drug-likeness (QED) is 0.195. The number of carbonyl (C=O) groups is 2. The first kappa shape index (κ1) is 27.4. The van der Waals surface area contributed by atoms with E-state index in [-0.39, 0.29) is 17.2 Å². The van der Waals surface area contributed by atoms with Crippen LogP contribution in [0.25, 0.3) is 16.5 Å². The number of aromatic hydroxyl groups is 1. The zero-order valence-electron chi connectivity index (χ0n) is 23.6. The minimum atomic E-state index is -1.26. The van der Waals surface area contributed by atoms with Crippen LogP contribution < -0.4 is 9.91 Å². The van der Waals surface area contributed by atoms with Crippen LogP contribution in [0.15, 0.2) is 120 Å². The average molecular weight is 598 g/mol. The Bertz CT molecular complexity index is 1960. The lowest BCUT2D eigenvalue weighted by molar-refractivity contribution is -0.114. The van der Waals surface area contributed by atoms with E-state index in [2.05, 4.69) is 58.5 Å². The molecule has 0 aliphatic carbocycles. The Morgan fingerprint density at radius 3 is 2.32 bits per heavy atom. The summed E-state index contributed by atoms with van der Waals surface area (Å²) in [7, 11) is 0. The summed E-state index contributed by atoms with van der Waals surface area (Å²) in [5.41, 5.74) is 6.30. The summed E-state index contributed by atoms with van der Waals surface area (Å²) in [4.78, 5) is 29.8. The highest BCUT2D eigenvalue weighted by Gasteiger charge is 2.33. The molecule has 4 aromatic carbocycles. The third-order valence-corrected chi connectivity index (χ3v) is 8.92. The van der Waals surface area contributed by atoms with Crippen LogP contribution in [-0.4, -0.2) is 34.3 Å². The van der Waals surface area contributed by atoms with E-state index in [0.29, 0.717) is 22.5 Å². The first-order valence-electron chi connectivity index (χ1n) is 14.3. The number of carboxylic acids is 1. The van der Waals surface area contributed by atoms with Gasteiger partial charge in [-0.1, -0.05) is 42.5 Å². The van der Waals surface area contributed by atoms with E-state index in [1.54, 1.807) is 35.6 Å². The second-order valence-electron chi connectivity index (χ2n) is 10.6. The summed E-state index contributed by atoms with van der Waals surface area (Å²) in [6.07, 6.45) is 3.90. The topological polar surface area (TPSA) is 93.4 Å². The number of nitrogens with zero attached hydrogens (tertiary/aromatic N) is 3. The smallest absolute Gasteiger partial charge is 0.339 e. The van der Waals surface area contributed by atoms with Crippen molar-refractivity contribution in [3.8, 4) is 16.2 Å². The number of hydrogen-bond acceptors (Lipinski definition) is 6. The maximum atomic E-state index is 13.7. The Labute approximate surface area is 258 Å². The van der Waals surface area contributed by atoms with Gasteiger partial charge in [-0.2, -0.15) is 10.1 Å². The molecule has 2 aliphatic heterocycles. The fourth-order valence-corrected chi connectivity index (χ4v) is 6.66. The van der Waals surface area contributed by atoms with Crippen molar-refractivity contribution in [1.82, 2.24) is 0 Å². The molecule has 7 nitrogen and oxygen atoms in total. The van der Waals surface area contributed by atoms with Gasteiger partial charge < -0.3 is 15.1 Å². The third kappa shape index (κ3) is 5.05. The molecule has 0 unspecified atom stereocenters. The number of rotatable bonds is 6. The number of hydrazone groups is 1. The molecule has 44 heavy (non-hydrogen) atoms. The van der Waals surface area contributed by atoms with Crippen molar-refractivity contribution in [2.45, 2.75) is 12.8 Å². The van der Waals surface area contributed by atoms with Gasteiger partial charge >= 0.3 is 5.97 Å². The summed E-state index contributed by atoms with van der Waals surface area (Å²) in [6, 6.07) is 34.4. The summed E-state index contributed by atoms with van der Waals surface area (Å²) in [6.45, 7) is 0.986. The van der Waals surface area contributed by atoms with E-state index in [4.69, 9.17) is 0 Å². The zero-order valence-corrected chi connectivity index (χ0v) is 24.4. The van der Waals surface area contributed by atoms with E-state index < -0.39 is 5.97 Å². The molecule has 0 radical (unpaired) electrons. The Hall–Kier alpha value is -5.47. The fraction of sp³-hybridized carbons (Fsp3) is 0.0833. The summed E-state index contributed by atoms with van der Waals surface area (Å²) < 4.78 is 0. The van der Waals surface area contributed by atoms with Gasteiger partial charge in [0.15, 0.2) is 0 Å². The van der Waals surface area contributed by atoms with E-state index in [0.717, 1.165) is 34.7 Å². The number of amides is 1. The molecule has 0 saturated carbocycles. The van der Waals surface area contributed by atoms with E-state index in [1.165, 1.54) is 34.1 Å². The van der Waals surface area contributed by atoms with Crippen molar-refractivity contribution in [2.24, 2.45) is 5.10 Å². The molecular formula is C36H27N3O4S. The van der Waals surface area contributed by atoms with Crippen LogP contribution in [0.3, 0.4) is 0 Å². The first-order chi connectivity index (χ1) is 21.5. The molecule has 8 heteroatoms. The minimum Gasteiger partial charge on any atom is -0.507 e. The number of benzene rings is 4. The van der Waals surface area contributed by atoms with Crippen LogP contribution in [-0.2, 0) is 11.2 Å². The molecule has 2 N–H and O–H groups in total. The predicted molar refractivity (Wildman–Crippen MR) is 175 cm³/mol. The van der Waals surface area contributed by atoms with Crippen molar-refractivity contribution < 1.29 is 19.8 Å². The minimum absolute atomic E-state index is 0.258. The van der Waals surface area contributed by atoms with Gasteiger partial charge in [0, 0.05) is 33.2 Å². The lowest BCUT2D eigenvalue weighted by Gasteiger charge is -2.31. The molecule has 1 aromatic heterocycles. The number of para-hydroxylation sites is 2.